The summed E-state index contributed by atoms with van der Waals surface area (Å²) in [6.45, 7) is 0.330. The Labute approximate surface area is 165 Å². The fourth-order valence-electron chi connectivity index (χ4n) is 3.14. The van der Waals surface area contributed by atoms with Gasteiger partial charge in [-0.15, -0.1) is 0 Å². The predicted octanol–water partition coefficient (Wildman–Crippen LogP) is 1.89. The Hall–Kier alpha value is -3.56. The number of rotatable bonds is 5. The van der Waals surface area contributed by atoms with Crippen molar-refractivity contribution in [2.24, 2.45) is 0 Å². The van der Waals surface area contributed by atoms with E-state index in [2.05, 4.69) is 0 Å². The standard InChI is InChI=1S/C17H15N5O6S/c18-12-13-5-6-14(16(11-13)22(25)26)19-7-9-20(10-8-19)29(27,28)17-4-2-1-3-15(17)21(23)24/h1-6,11H,7-10H2. The summed E-state index contributed by atoms with van der Waals surface area (Å²) < 4.78 is 26.9. The van der Waals surface area contributed by atoms with Crippen molar-refractivity contribution in [3.63, 3.8) is 0 Å². The monoisotopic (exact) mass is 417 g/mol. The van der Waals surface area contributed by atoms with Gasteiger partial charge >= 0.3 is 0 Å². The third-order valence-corrected chi connectivity index (χ3v) is 6.51. The minimum Gasteiger partial charge on any atom is -0.363 e. The van der Waals surface area contributed by atoms with E-state index in [1.54, 1.807) is 4.90 Å². The van der Waals surface area contributed by atoms with E-state index in [1.807, 2.05) is 6.07 Å². The van der Waals surface area contributed by atoms with Crippen molar-refractivity contribution in [1.82, 2.24) is 4.31 Å². The lowest BCUT2D eigenvalue weighted by molar-refractivity contribution is -0.387. The molecule has 0 aliphatic carbocycles. The zero-order valence-corrected chi connectivity index (χ0v) is 15.8. The van der Waals surface area contributed by atoms with Crippen molar-refractivity contribution in [3.8, 4) is 6.07 Å². The molecular formula is C17H15N5O6S. The molecule has 1 aliphatic heterocycles. The molecular weight excluding hydrogens is 402 g/mol. The van der Waals surface area contributed by atoms with E-state index in [4.69, 9.17) is 5.26 Å². The maximum absolute atomic E-state index is 12.9. The summed E-state index contributed by atoms with van der Waals surface area (Å²) in [4.78, 5) is 22.4. The quantitative estimate of drug-likeness (QED) is 0.528. The number of nitro groups is 2. The summed E-state index contributed by atoms with van der Waals surface area (Å²) in [7, 11) is -4.09. The molecule has 0 saturated carbocycles. The molecule has 0 unspecified atom stereocenters. The van der Waals surface area contributed by atoms with Crippen LogP contribution in [0.25, 0.3) is 0 Å². The van der Waals surface area contributed by atoms with Gasteiger partial charge in [-0.3, -0.25) is 20.2 Å². The summed E-state index contributed by atoms with van der Waals surface area (Å²) in [6, 6.07) is 11.1. The molecule has 0 amide bonds. The fourth-order valence-corrected chi connectivity index (χ4v) is 4.72. The lowest BCUT2D eigenvalue weighted by Gasteiger charge is -2.35. The van der Waals surface area contributed by atoms with Gasteiger partial charge in [0, 0.05) is 38.3 Å². The lowest BCUT2D eigenvalue weighted by atomic mass is 10.1. The SMILES string of the molecule is N#Cc1ccc(N2CCN(S(=O)(=O)c3ccccc3[N+](=O)[O-])CC2)c([N+](=O)[O-])c1. The van der Waals surface area contributed by atoms with Gasteiger partial charge in [0.05, 0.1) is 21.5 Å². The second kappa shape index (κ2) is 7.82. The Bertz CT molecular complexity index is 1120. The van der Waals surface area contributed by atoms with Gasteiger partial charge in [-0.05, 0) is 18.2 Å². The van der Waals surface area contributed by atoms with Crippen LogP contribution in [-0.2, 0) is 10.0 Å². The maximum Gasteiger partial charge on any atom is 0.293 e. The van der Waals surface area contributed by atoms with Crippen LogP contribution in [0.2, 0.25) is 0 Å². The number of anilines is 1. The van der Waals surface area contributed by atoms with E-state index >= 15 is 0 Å². The first-order valence-electron chi connectivity index (χ1n) is 8.43. The number of nitriles is 1. The Morgan fingerprint density at radius 3 is 2.14 bits per heavy atom. The van der Waals surface area contributed by atoms with Gasteiger partial charge in [0.1, 0.15) is 5.69 Å². The molecule has 0 N–H and O–H groups in total. The molecule has 11 nitrogen and oxygen atoms in total. The average Bonchev–Trinajstić information content (AvgIpc) is 2.73. The molecule has 2 aromatic carbocycles. The van der Waals surface area contributed by atoms with Crippen LogP contribution in [0.5, 0.6) is 0 Å². The first kappa shape index (κ1) is 20.2. The minimum atomic E-state index is -4.09. The second-order valence-electron chi connectivity index (χ2n) is 6.19. The van der Waals surface area contributed by atoms with Crippen LogP contribution in [0, 0.1) is 31.6 Å². The van der Waals surface area contributed by atoms with Crippen LogP contribution >= 0.6 is 0 Å². The molecule has 1 aliphatic rings. The van der Waals surface area contributed by atoms with Crippen LogP contribution in [0.15, 0.2) is 47.4 Å². The fraction of sp³-hybridized carbons (Fsp3) is 0.235. The lowest BCUT2D eigenvalue weighted by Crippen LogP contribution is -2.48. The smallest absolute Gasteiger partial charge is 0.293 e. The first-order chi connectivity index (χ1) is 13.8. The van der Waals surface area contributed by atoms with Crippen LogP contribution < -0.4 is 4.90 Å². The highest BCUT2D eigenvalue weighted by molar-refractivity contribution is 7.89. The minimum absolute atomic E-state index is 0.00549. The number of piperazine rings is 1. The Morgan fingerprint density at radius 1 is 0.931 bits per heavy atom. The topological polar surface area (TPSA) is 151 Å². The van der Waals surface area contributed by atoms with Gasteiger partial charge in [0.25, 0.3) is 11.4 Å². The molecule has 1 fully saturated rings. The maximum atomic E-state index is 12.9. The highest BCUT2D eigenvalue weighted by Gasteiger charge is 2.34. The summed E-state index contributed by atoms with van der Waals surface area (Å²) in [5.41, 5.74) is -0.300. The molecule has 0 atom stereocenters. The van der Waals surface area contributed by atoms with Crippen molar-refractivity contribution in [1.29, 1.82) is 5.26 Å². The van der Waals surface area contributed by atoms with Crippen LogP contribution in [0.4, 0.5) is 17.1 Å². The molecule has 0 spiro atoms. The second-order valence-corrected chi connectivity index (χ2v) is 8.09. The van der Waals surface area contributed by atoms with Crippen molar-refractivity contribution in [2.45, 2.75) is 4.90 Å². The number of sulfonamides is 1. The summed E-state index contributed by atoms with van der Waals surface area (Å²) in [6.07, 6.45) is 0. The molecule has 12 heteroatoms. The van der Waals surface area contributed by atoms with Crippen LogP contribution in [-0.4, -0.2) is 48.7 Å². The number of benzene rings is 2. The van der Waals surface area contributed by atoms with Crippen LogP contribution in [0.1, 0.15) is 5.56 Å². The van der Waals surface area contributed by atoms with E-state index in [9.17, 15) is 28.6 Å². The number of para-hydroxylation sites is 1. The Balaban J connectivity index is 1.84. The van der Waals surface area contributed by atoms with Crippen molar-refractivity contribution < 1.29 is 18.3 Å². The van der Waals surface area contributed by atoms with E-state index < -0.39 is 25.6 Å². The summed E-state index contributed by atoms with van der Waals surface area (Å²) in [5, 5.41) is 31.4. The average molecular weight is 417 g/mol. The van der Waals surface area contributed by atoms with E-state index in [-0.39, 0.29) is 48.0 Å². The zero-order chi connectivity index (χ0) is 21.2. The largest absolute Gasteiger partial charge is 0.363 e. The molecule has 1 saturated heterocycles. The zero-order valence-electron chi connectivity index (χ0n) is 15.0. The molecule has 0 aromatic heterocycles. The van der Waals surface area contributed by atoms with E-state index in [0.717, 1.165) is 10.4 Å². The molecule has 150 valence electrons. The first-order valence-corrected chi connectivity index (χ1v) is 9.87. The van der Waals surface area contributed by atoms with Crippen molar-refractivity contribution in [2.75, 3.05) is 31.1 Å². The molecule has 29 heavy (non-hydrogen) atoms. The number of nitrogens with zero attached hydrogens (tertiary/aromatic N) is 5. The molecule has 0 bridgehead atoms. The highest BCUT2D eigenvalue weighted by atomic mass is 32.2. The van der Waals surface area contributed by atoms with Gasteiger partial charge in [0.15, 0.2) is 4.90 Å². The Kier molecular flexibility index (Phi) is 5.44. The summed E-state index contributed by atoms with van der Waals surface area (Å²) >= 11 is 0. The Morgan fingerprint density at radius 2 is 1.55 bits per heavy atom. The van der Waals surface area contributed by atoms with Crippen molar-refractivity contribution in [3.05, 3.63) is 68.3 Å². The van der Waals surface area contributed by atoms with E-state index in [1.165, 1.54) is 36.4 Å². The predicted molar refractivity (Wildman–Crippen MR) is 102 cm³/mol. The van der Waals surface area contributed by atoms with Crippen LogP contribution in [0.3, 0.4) is 0 Å². The van der Waals surface area contributed by atoms with Gasteiger partial charge in [-0.2, -0.15) is 9.57 Å². The highest BCUT2D eigenvalue weighted by Crippen LogP contribution is 2.32. The molecule has 0 radical (unpaired) electrons. The van der Waals surface area contributed by atoms with Crippen molar-refractivity contribution >= 4 is 27.1 Å². The number of hydrogen-bond donors (Lipinski definition) is 0. The normalized spacial score (nSPS) is 14.9. The molecule has 3 rings (SSSR count). The third-order valence-electron chi connectivity index (χ3n) is 4.56. The number of nitro benzene ring substituents is 2. The van der Waals surface area contributed by atoms with Gasteiger partial charge in [-0.1, -0.05) is 12.1 Å². The number of hydrogen-bond acceptors (Lipinski definition) is 8. The van der Waals surface area contributed by atoms with E-state index in [0.29, 0.717) is 0 Å². The van der Waals surface area contributed by atoms with Gasteiger partial charge < -0.3 is 4.90 Å². The third kappa shape index (κ3) is 3.86. The van der Waals surface area contributed by atoms with Gasteiger partial charge in [-0.25, -0.2) is 8.42 Å². The van der Waals surface area contributed by atoms with Gasteiger partial charge in [0.2, 0.25) is 10.0 Å². The molecule has 1 heterocycles. The molecule has 2 aromatic rings. The summed E-state index contributed by atoms with van der Waals surface area (Å²) in [5.74, 6) is 0.